The van der Waals surface area contributed by atoms with Crippen LogP contribution in [-0.4, -0.2) is 46.4 Å². The molecule has 12 heteroatoms. The first kappa shape index (κ1) is 24.6. The lowest BCUT2D eigenvalue weighted by atomic mass is 10.1. The Morgan fingerprint density at radius 3 is 2.73 bits per heavy atom. The molecule has 5 aromatic rings. The number of hydrogen-bond donors (Lipinski definition) is 1. The van der Waals surface area contributed by atoms with E-state index in [1.54, 1.807) is 12.1 Å². The van der Waals surface area contributed by atoms with E-state index in [1.165, 1.54) is 43.1 Å². The predicted octanol–water partition coefficient (Wildman–Crippen LogP) is 6.04. The summed E-state index contributed by atoms with van der Waals surface area (Å²) in [7, 11) is 1.53. The lowest BCUT2D eigenvalue weighted by Gasteiger charge is -2.10. The summed E-state index contributed by atoms with van der Waals surface area (Å²) in [6, 6.07) is 8.62. The Kier molecular flexibility index (Phi) is 6.97. The van der Waals surface area contributed by atoms with Gasteiger partial charge in [-0.1, -0.05) is 11.6 Å². The number of pyridine rings is 1. The maximum absolute atomic E-state index is 15.0. The van der Waals surface area contributed by atoms with Gasteiger partial charge in [0.2, 0.25) is 5.88 Å². The number of nitrogens with one attached hydrogen (secondary N) is 1. The summed E-state index contributed by atoms with van der Waals surface area (Å²) in [6.07, 6.45) is 3.95. The predicted molar refractivity (Wildman–Crippen MR) is 139 cm³/mol. The van der Waals surface area contributed by atoms with Crippen molar-refractivity contribution in [2.45, 2.75) is 6.92 Å². The molecule has 0 saturated carbocycles. The summed E-state index contributed by atoms with van der Waals surface area (Å²) in [4.78, 5) is 29.3. The molecule has 0 atom stereocenters. The highest BCUT2D eigenvalue weighted by Gasteiger charge is 2.20. The summed E-state index contributed by atoms with van der Waals surface area (Å²) in [5, 5.41) is 3.00. The fourth-order valence-electron chi connectivity index (χ4n) is 3.59. The number of amides is 1. The molecule has 0 aliphatic heterocycles. The number of ether oxygens (including phenoxy) is 3. The molecule has 0 radical (unpaired) electrons. The lowest BCUT2D eigenvalue weighted by Crippen LogP contribution is -2.17. The van der Waals surface area contributed by atoms with Gasteiger partial charge in [-0.05, 0) is 36.8 Å². The molecule has 3 aromatic heterocycles. The van der Waals surface area contributed by atoms with Crippen LogP contribution in [0.5, 0.6) is 11.6 Å². The fourth-order valence-corrected chi connectivity index (χ4v) is 4.90. The minimum Gasteiger partial charge on any atom is -0.487 e. The van der Waals surface area contributed by atoms with Gasteiger partial charge in [-0.25, -0.2) is 24.1 Å². The molecule has 0 bridgehead atoms. The van der Waals surface area contributed by atoms with Crippen LogP contribution < -0.4 is 14.8 Å². The molecular formula is C25H19ClFN5O4S. The number of halogens is 2. The number of benzene rings is 2. The van der Waals surface area contributed by atoms with Crippen molar-refractivity contribution in [2.75, 3.05) is 25.6 Å². The van der Waals surface area contributed by atoms with Gasteiger partial charge in [-0.3, -0.25) is 10.3 Å². The van der Waals surface area contributed by atoms with Gasteiger partial charge < -0.3 is 14.2 Å². The minimum absolute atomic E-state index is 0.0653. The van der Waals surface area contributed by atoms with Crippen molar-refractivity contribution in [1.29, 1.82) is 0 Å². The minimum atomic E-state index is -0.745. The summed E-state index contributed by atoms with van der Waals surface area (Å²) >= 11 is 7.64. The Balaban J connectivity index is 1.35. The molecule has 0 fully saturated rings. The average Bonchev–Trinajstić information content (AvgIpc) is 3.33. The molecule has 37 heavy (non-hydrogen) atoms. The van der Waals surface area contributed by atoms with Gasteiger partial charge in [0.25, 0.3) is 0 Å². The van der Waals surface area contributed by atoms with Gasteiger partial charge in [0.1, 0.15) is 28.8 Å². The number of aromatic nitrogens is 4. The van der Waals surface area contributed by atoms with Crippen LogP contribution in [-0.2, 0) is 4.74 Å². The van der Waals surface area contributed by atoms with Crippen molar-refractivity contribution < 1.29 is 23.4 Å². The molecule has 0 aliphatic rings. The van der Waals surface area contributed by atoms with Crippen LogP contribution in [0.1, 0.15) is 5.56 Å². The van der Waals surface area contributed by atoms with E-state index in [4.69, 9.17) is 25.8 Å². The number of methoxy groups -OCH3 is 1. The van der Waals surface area contributed by atoms with Crippen molar-refractivity contribution >= 4 is 56.0 Å². The zero-order valence-corrected chi connectivity index (χ0v) is 21.2. The summed E-state index contributed by atoms with van der Waals surface area (Å²) in [5.74, 6) is -0.408. The number of aryl methyl sites for hydroxylation is 1. The van der Waals surface area contributed by atoms with E-state index in [0.29, 0.717) is 37.8 Å². The fraction of sp³-hybridized carbons (Fsp3) is 0.160. The van der Waals surface area contributed by atoms with Crippen LogP contribution in [0.25, 0.3) is 31.8 Å². The SMILES string of the molecule is COc1cnc2c(-c3nc4c(Cl)c(F)c(OCCOC(=O)Nc5ccncc5)cc4s3)cc(C)cc2n1. The highest BCUT2D eigenvalue weighted by Crippen LogP contribution is 2.40. The van der Waals surface area contributed by atoms with Crippen LogP contribution in [0.3, 0.4) is 0 Å². The summed E-state index contributed by atoms with van der Waals surface area (Å²) in [5.41, 5.74) is 3.85. The first-order chi connectivity index (χ1) is 17.9. The van der Waals surface area contributed by atoms with Crippen molar-refractivity contribution in [3.05, 3.63) is 65.3 Å². The monoisotopic (exact) mass is 539 g/mol. The average molecular weight is 540 g/mol. The Morgan fingerprint density at radius 2 is 1.95 bits per heavy atom. The number of carbonyl (C=O) groups is 1. The summed E-state index contributed by atoms with van der Waals surface area (Å²) in [6.45, 7) is 1.76. The van der Waals surface area contributed by atoms with Crippen LogP contribution in [0.4, 0.5) is 14.9 Å². The molecule has 5 rings (SSSR count). The van der Waals surface area contributed by atoms with Gasteiger partial charge in [0, 0.05) is 29.7 Å². The van der Waals surface area contributed by atoms with Gasteiger partial charge >= 0.3 is 6.09 Å². The van der Waals surface area contributed by atoms with E-state index in [2.05, 4.69) is 25.3 Å². The Hall–Kier alpha value is -4.09. The molecule has 1 amide bonds. The number of rotatable bonds is 7. The third-order valence-electron chi connectivity index (χ3n) is 5.24. The Bertz CT molecular complexity index is 1620. The number of hydrogen-bond acceptors (Lipinski definition) is 9. The van der Waals surface area contributed by atoms with Crippen molar-refractivity contribution in [1.82, 2.24) is 19.9 Å². The maximum atomic E-state index is 15.0. The Morgan fingerprint density at radius 1 is 1.14 bits per heavy atom. The molecule has 1 N–H and O–H groups in total. The highest BCUT2D eigenvalue weighted by molar-refractivity contribution is 7.21. The second-order valence-electron chi connectivity index (χ2n) is 7.81. The van der Waals surface area contributed by atoms with E-state index in [9.17, 15) is 9.18 Å². The molecule has 0 spiro atoms. The standard InChI is InChI=1S/C25H19ClFN5O4S/c1-13-9-15(22-16(10-13)31-19(34-2)12-29-22)24-32-23-18(37-24)11-17(21(27)20(23)26)35-7-8-36-25(33)30-14-3-5-28-6-4-14/h3-6,9-12H,7-8H2,1-2H3,(H,28,30,33). The van der Waals surface area contributed by atoms with E-state index < -0.39 is 11.9 Å². The van der Waals surface area contributed by atoms with E-state index in [-0.39, 0.29) is 24.0 Å². The van der Waals surface area contributed by atoms with E-state index >= 15 is 0 Å². The molecule has 0 saturated heterocycles. The van der Waals surface area contributed by atoms with Crippen LogP contribution in [0, 0.1) is 12.7 Å². The molecular weight excluding hydrogens is 521 g/mol. The zero-order valence-electron chi connectivity index (χ0n) is 19.6. The number of carbonyl (C=O) groups excluding carboxylic acids is 1. The molecule has 3 heterocycles. The normalized spacial score (nSPS) is 11.0. The van der Waals surface area contributed by atoms with E-state index in [0.717, 1.165) is 11.1 Å². The van der Waals surface area contributed by atoms with Crippen LogP contribution in [0.15, 0.2) is 48.9 Å². The third-order valence-corrected chi connectivity index (χ3v) is 6.62. The van der Waals surface area contributed by atoms with Crippen molar-refractivity contribution in [2.24, 2.45) is 0 Å². The highest BCUT2D eigenvalue weighted by atomic mass is 35.5. The second-order valence-corrected chi connectivity index (χ2v) is 9.21. The van der Waals surface area contributed by atoms with Gasteiger partial charge in [-0.2, -0.15) is 0 Å². The topological polar surface area (TPSA) is 108 Å². The lowest BCUT2D eigenvalue weighted by molar-refractivity contribution is 0.136. The zero-order chi connectivity index (χ0) is 25.9. The van der Waals surface area contributed by atoms with Gasteiger partial charge in [-0.15, -0.1) is 11.3 Å². The molecule has 0 aliphatic carbocycles. The third kappa shape index (κ3) is 5.23. The van der Waals surface area contributed by atoms with Crippen molar-refractivity contribution in [3.63, 3.8) is 0 Å². The first-order valence-electron chi connectivity index (χ1n) is 11.0. The largest absolute Gasteiger partial charge is 0.487 e. The molecule has 2 aromatic carbocycles. The Labute approximate surface area is 219 Å². The molecule has 9 nitrogen and oxygen atoms in total. The van der Waals surface area contributed by atoms with Crippen molar-refractivity contribution in [3.8, 4) is 22.2 Å². The van der Waals surface area contributed by atoms with Gasteiger partial charge in [0.15, 0.2) is 11.6 Å². The first-order valence-corrected chi connectivity index (χ1v) is 12.2. The number of fused-ring (bicyclic) bond motifs is 2. The smallest absolute Gasteiger partial charge is 0.411 e. The molecule has 0 unspecified atom stereocenters. The number of anilines is 1. The maximum Gasteiger partial charge on any atom is 0.411 e. The second kappa shape index (κ2) is 10.5. The van der Waals surface area contributed by atoms with Crippen LogP contribution in [0.2, 0.25) is 5.02 Å². The quantitative estimate of drug-likeness (QED) is 0.249. The number of nitrogens with zero attached hydrogens (tertiary/aromatic N) is 4. The van der Waals surface area contributed by atoms with Crippen LogP contribution >= 0.6 is 22.9 Å². The number of thiazole rings is 1. The van der Waals surface area contributed by atoms with Gasteiger partial charge in [0.05, 0.1) is 29.0 Å². The molecule has 188 valence electrons. The summed E-state index contributed by atoms with van der Waals surface area (Å²) < 4.78 is 31.4. The van der Waals surface area contributed by atoms with E-state index in [1.807, 2.05) is 19.1 Å².